The monoisotopic (exact) mass is 424 g/mol. The molecule has 0 aliphatic rings. The third kappa shape index (κ3) is 4.52. The number of benzene rings is 1. The largest absolute Gasteiger partial charge is 0.454 e. The van der Waals surface area contributed by atoms with Gasteiger partial charge in [0, 0.05) is 30.5 Å². The number of sulfonamides is 1. The highest BCUT2D eigenvalue weighted by Gasteiger charge is 2.16. The molecule has 30 heavy (non-hydrogen) atoms. The molecular formula is C19H16N6O4S. The van der Waals surface area contributed by atoms with E-state index in [1.165, 1.54) is 36.7 Å². The van der Waals surface area contributed by atoms with E-state index in [0.29, 0.717) is 18.0 Å². The van der Waals surface area contributed by atoms with Gasteiger partial charge in [-0.1, -0.05) is 0 Å². The average molecular weight is 424 g/mol. The third-order valence-electron chi connectivity index (χ3n) is 3.98. The Bertz CT molecular complexity index is 1240. The first kappa shape index (κ1) is 19.3. The number of anilines is 2. The lowest BCUT2D eigenvalue weighted by Gasteiger charge is -2.08. The van der Waals surface area contributed by atoms with Gasteiger partial charge < -0.3 is 9.73 Å². The number of hydrogen-bond acceptors (Lipinski definition) is 7. The van der Waals surface area contributed by atoms with E-state index >= 15 is 0 Å². The lowest BCUT2D eigenvalue weighted by molar-refractivity contribution is 0.0994. The molecule has 0 saturated heterocycles. The number of amides is 1. The van der Waals surface area contributed by atoms with E-state index < -0.39 is 15.9 Å². The molecule has 1 amide bonds. The molecule has 4 aromatic rings. The van der Waals surface area contributed by atoms with Crippen LogP contribution in [0.5, 0.6) is 0 Å². The molecule has 3 heterocycles. The quantitative estimate of drug-likeness (QED) is 0.465. The van der Waals surface area contributed by atoms with Crippen LogP contribution in [0.3, 0.4) is 0 Å². The van der Waals surface area contributed by atoms with Crippen molar-refractivity contribution < 1.29 is 17.6 Å². The van der Waals surface area contributed by atoms with Gasteiger partial charge in [0.15, 0.2) is 5.76 Å². The molecule has 10 nitrogen and oxygen atoms in total. The fourth-order valence-corrected chi connectivity index (χ4v) is 3.54. The lowest BCUT2D eigenvalue weighted by atomic mass is 10.3. The second-order valence-corrected chi connectivity index (χ2v) is 7.81. The fourth-order valence-electron chi connectivity index (χ4n) is 2.58. The predicted molar refractivity (Wildman–Crippen MR) is 107 cm³/mol. The van der Waals surface area contributed by atoms with Crippen molar-refractivity contribution in [3.63, 3.8) is 0 Å². The second kappa shape index (κ2) is 8.17. The Hall–Kier alpha value is -3.99. The Morgan fingerprint density at radius 3 is 2.47 bits per heavy atom. The molecule has 0 spiro atoms. The van der Waals surface area contributed by atoms with E-state index in [4.69, 9.17) is 4.42 Å². The molecule has 4 rings (SSSR count). The Kier molecular flexibility index (Phi) is 5.26. The summed E-state index contributed by atoms with van der Waals surface area (Å²) < 4.78 is 34.3. The number of hydrogen-bond donors (Lipinski definition) is 2. The first-order valence-electron chi connectivity index (χ1n) is 8.77. The highest BCUT2D eigenvalue weighted by molar-refractivity contribution is 7.92. The van der Waals surface area contributed by atoms with Gasteiger partial charge in [-0.15, -0.1) is 0 Å². The first-order valence-corrected chi connectivity index (χ1v) is 10.3. The number of aromatic nitrogens is 4. The summed E-state index contributed by atoms with van der Waals surface area (Å²) in [5, 5.41) is 6.75. The second-order valence-electron chi connectivity index (χ2n) is 6.13. The van der Waals surface area contributed by atoms with Gasteiger partial charge in [0.05, 0.1) is 11.4 Å². The molecule has 0 bridgehead atoms. The highest BCUT2D eigenvalue weighted by Crippen LogP contribution is 2.18. The summed E-state index contributed by atoms with van der Waals surface area (Å²) in [5.41, 5.74) is 0.417. The van der Waals surface area contributed by atoms with Crippen molar-refractivity contribution in [3.05, 3.63) is 84.8 Å². The zero-order valence-electron chi connectivity index (χ0n) is 15.5. The van der Waals surface area contributed by atoms with E-state index in [1.807, 2.05) is 0 Å². The zero-order valence-corrected chi connectivity index (χ0v) is 16.3. The summed E-state index contributed by atoms with van der Waals surface area (Å²) in [6, 6.07) is 12.3. The Morgan fingerprint density at radius 1 is 1.00 bits per heavy atom. The molecule has 1 aromatic carbocycles. The van der Waals surface area contributed by atoms with Crippen LogP contribution in [-0.4, -0.2) is 34.1 Å². The van der Waals surface area contributed by atoms with Crippen LogP contribution in [0.25, 0.3) is 0 Å². The summed E-state index contributed by atoms with van der Waals surface area (Å²) in [7, 11) is -3.85. The molecule has 0 radical (unpaired) electrons. The summed E-state index contributed by atoms with van der Waals surface area (Å²) in [6.07, 6.45) is 6.30. The van der Waals surface area contributed by atoms with Crippen LogP contribution in [0.2, 0.25) is 0 Å². The number of carbonyl (C=O) groups is 1. The molecule has 0 atom stereocenters. The molecule has 2 N–H and O–H groups in total. The summed E-state index contributed by atoms with van der Waals surface area (Å²) in [4.78, 5) is 20.0. The Balaban J connectivity index is 1.41. The number of nitrogens with one attached hydrogen (secondary N) is 2. The average Bonchev–Trinajstić information content (AvgIpc) is 3.41. The van der Waals surface area contributed by atoms with Crippen molar-refractivity contribution in [3.8, 4) is 0 Å². The van der Waals surface area contributed by atoms with Crippen molar-refractivity contribution in [2.45, 2.75) is 11.4 Å². The maximum absolute atomic E-state index is 12.4. The molecule has 3 aromatic heterocycles. The van der Waals surface area contributed by atoms with E-state index in [9.17, 15) is 13.2 Å². The van der Waals surface area contributed by atoms with Crippen molar-refractivity contribution in [2.75, 3.05) is 10.0 Å². The first-order chi connectivity index (χ1) is 14.5. The van der Waals surface area contributed by atoms with Crippen molar-refractivity contribution >= 4 is 27.6 Å². The standard InChI is InChI=1S/C19H16N6O4S/c26-18(17-8-5-15(29-17)13-25-12-2-11-22-25)23-14-3-6-16(7-4-14)30(27,28)24-19-20-9-1-10-21-19/h1-12H,13H2,(H,23,26)(H,20,21,24). The maximum atomic E-state index is 12.4. The fraction of sp³-hybridized carbons (Fsp3) is 0.0526. The van der Waals surface area contributed by atoms with Crippen LogP contribution in [0, 0.1) is 0 Å². The van der Waals surface area contributed by atoms with Crippen LogP contribution in [-0.2, 0) is 16.6 Å². The van der Waals surface area contributed by atoms with Gasteiger partial charge in [-0.05, 0) is 48.5 Å². The van der Waals surface area contributed by atoms with Crippen LogP contribution in [0.15, 0.2) is 82.6 Å². The van der Waals surface area contributed by atoms with E-state index in [1.54, 1.807) is 41.3 Å². The van der Waals surface area contributed by atoms with E-state index in [-0.39, 0.29) is 16.6 Å². The molecule has 0 aliphatic carbocycles. The molecule has 152 valence electrons. The molecule has 0 unspecified atom stereocenters. The van der Waals surface area contributed by atoms with Crippen LogP contribution in [0.4, 0.5) is 11.6 Å². The number of carbonyl (C=O) groups excluding carboxylic acids is 1. The number of furan rings is 1. The predicted octanol–water partition coefficient (Wildman–Crippen LogP) is 2.37. The van der Waals surface area contributed by atoms with Gasteiger partial charge in [-0.3, -0.25) is 9.48 Å². The summed E-state index contributed by atoms with van der Waals surface area (Å²) in [6.45, 7) is 0.408. The third-order valence-corrected chi connectivity index (χ3v) is 5.32. The van der Waals surface area contributed by atoms with Gasteiger partial charge in [0.1, 0.15) is 5.76 Å². The summed E-state index contributed by atoms with van der Waals surface area (Å²) in [5.74, 6) is 0.239. The maximum Gasteiger partial charge on any atom is 0.291 e. The SMILES string of the molecule is O=C(Nc1ccc(S(=O)(=O)Nc2ncccn2)cc1)c1ccc(Cn2cccn2)o1. The van der Waals surface area contributed by atoms with Gasteiger partial charge in [-0.25, -0.2) is 23.1 Å². The van der Waals surface area contributed by atoms with E-state index in [0.717, 1.165) is 0 Å². The molecule has 0 fully saturated rings. The van der Waals surface area contributed by atoms with E-state index in [2.05, 4.69) is 25.1 Å². The highest BCUT2D eigenvalue weighted by atomic mass is 32.2. The van der Waals surface area contributed by atoms with Crippen molar-refractivity contribution in [1.29, 1.82) is 0 Å². The minimum atomic E-state index is -3.85. The Morgan fingerprint density at radius 2 is 1.77 bits per heavy atom. The van der Waals surface area contributed by atoms with Crippen LogP contribution < -0.4 is 10.0 Å². The number of nitrogens with zero attached hydrogens (tertiary/aromatic N) is 4. The van der Waals surface area contributed by atoms with Crippen molar-refractivity contribution in [1.82, 2.24) is 19.7 Å². The van der Waals surface area contributed by atoms with Gasteiger partial charge >= 0.3 is 0 Å². The Labute approximate surface area is 171 Å². The lowest BCUT2D eigenvalue weighted by Crippen LogP contribution is -2.15. The molecule has 0 saturated carbocycles. The van der Waals surface area contributed by atoms with Gasteiger partial charge in [0.2, 0.25) is 5.95 Å². The molecule has 0 aliphatic heterocycles. The van der Waals surface area contributed by atoms with Gasteiger partial charge in [-0.2, -0.15) is 5.10 Å². The zero-order chi connectivity index (χ0) is 21.0. The van der Waals surface area contributed by atoms with Crippen LogP contribution >= 0.6 is 0 Å². The summed E-state index contributed by atoms with van der Waals surface area (Å²) >= 11 is 0. The number of rotatable bonds is 7. The molecular weight excluding hydrogens is 408 g/mol. The smallest absolute Gasteiger partial charge is 0.291 e. The minimum Gasteiger partial charge on any atom is -0.454 e. The van der Waals surface area contributed by atoms with Crippen LogP contribution in [0.1, 0.15) is 16.3 Å². The van der Waals surface area contributed by atoms with Gasteiger partial charge in [0.25, 0.3) is 15.9 Å². The topological polar surface area (TPSA) is 132 Å². The van der Waals surface area contributed by atoms with Crippen molar-refractivity contribution in [2.24, 2.45) is 0 Å². The minimum absolute atomic E-state index is 0.00691. The normalized spacial score (nSPS) is 11.2. The molecule has 11 heteroatoms.